The van der Waals surface area contributed by atoms with Crippen molar-refractivity contribution in [3.63, 3.8) is 0 Å². The van der Waals surface area contributed by atoms with Crippen LogP contribution in [0.2, 0.25) is 0 Å². The van der Waals surface area contributed by atoms with E-state index in [0.29, 0.717) is 18.2 Å². The number of fused-ring (bicyclic) bond motifs is 3. The van der Waals surface area contributed by atoms with Crippen LogP contribution in [-0.4, -0.2) is 57.9 Å². The molecule has 2 aliphatic heterocycles. The highest BCUT2D eigenvalue weighted by Crippen LogP contribution is 2.39. The van der Waals surface area contributed by atoms with Gasteiger partial charge in [-0.2, -0.15) is 0 Å². The SMILES string of the molecule is CN1CC2CC1CN2c1nc2c(cc1F)c(=O)c(OC(=O)O)cn2C1CC1. The molecule has 9 heteroatoms. The number of halogens is 1. The maximum atomic E-state index is 14.9. The van der Waals surface area contributed by atoms with E-state index < -0.39 is 17.4 Å². The number of pyridine rings is 2. The fourth-order valence-corrected chi connectivity index (χ4v) is 4.34. The van der Waals surface area contributed by atoms with Gasteiger partial charge < -0.3 is 19.3 Å². The zero-order chi connectivity index (χ0) is 18.9. The molecular formula is C18H19FN4O4. The lowest BCUT2D eigenvalue weighted by Crippen LogP contribution is -2.45. The van der Waals surface area contributed by atoms with E-state index >= 15 is 0 Å². The summed E-state index contributed by atoms with van der Waals surface area (Å²) in [6.07, 6.45) is 2.60. The van der Waals surface area contributed by atoms with E-state index in [9.17, 15) is 14.0 Å². The standard InChI is InChI=1S/C18H19FN4O4/c1-21-6-11-4-10(21)7-22(11)17-13(19)5-12-15(24)14(27-18(25)26)8-23(9-2-3-9)16(12)20-17/h5,8-11H,2-4,6-7H2,1H3,(H,25,26). The molecule has 3 aliphatic rings. The smallest absolute Gasteiger partial charge is 0.449 e. The van der Waals surface area contributed by atoms with Gasteiger partial charge in [-0.15, -0.1) is 0 Å². The second-order valence-corrected chi connectivity index (χ2v) is 7.63. The number of carboxylic acid groups (broad SMARTS) is 1. The highest BCUT2D eigenvalue weighted by atomic mass is 19.1. The molecular weight excluding hydrogens is 355 g/mol. The number of likely N-dealkylation sites (N-methyl/N-ethyl adjacent to an activating group) is 1. The summed E-state index contributed by atoms with van der Waals surface area (Å²) in [7, 11) is 2.07. The molecule has 1 aliphatic carbocycles. The Labute approximate surface area is 153 Å². The molecule has 0 radical (unpaired) electrons. The largest absolute Gasteiger partial charge is 0.511 e. The van der Waals surface area contributed by atoms with Gasteiger partial charge in [-0.05, 0) is 32.4 Å². The topological polar surface area (TPSA) is 87.9 Å². The van der Waals surface area contributed by atoms with Crippen molar-refractivity contribution in [1.29, 1.82) is 0 Å². The average Bonchev–Trinajstić information content (AvgIpc) is 3.29. The highest BCUT2D eigenvalue weighted by molar-refractivity contribution is 5.80. The van der Waals surface area contributed by atoms with Gasteiger partial charge in [-0.1, -0.05) is 0 Å². The van der Waals surface area contributed by atoms with Gasteiger partial charge in [-0.25, -0.2) is 14.2 Å². The van der Waals surface area contributed by atoms with Gasteiger partial charge in [0.15, 0.2) is 17.4 Å². The molecule has 2 bridgehead atoms. The van der Waals surface area contributed by atoms with E-state index in [0.717, 1.165) is 25.8 Å². The van der Waals surface area contributed by atoms with Crippen molar-refractivity contribution in [2.24, 2.45) is 0 Å². The quantitative estimate of drug-likeness (QED) is 0.820. The van der Waals surface area contributed by atoms with Crippen molar-refractivity contribution < 1.29 is 19.0 Å². The summed E-state index contributed by atoms with van der Waals surface area (Å²) in [6, 6.07) is 1.90. The average molecular weight is 374 g/mol. The summed E-state index contributed by atoms with van der Waals surface area (Å²) >= 11 is 0. The molecule has 8 nitrogen and oxygen atoms in total. The van der Waals surface area contributed by atoms with Crippen molar-refractivity contribution in [3.8, 4) is 5.75 Å². The fraction of sp³-hybridized carbons (Fsp3) is 0.500. The van der Waals surface area contributed by atoms with E-state index in [4.69, 9.17) is 5.11 Å². The van der Waals surface area contributed by atoms with E-state index in [1.807, 2.05) is 4.90 Å². The van der Waals surface area contributed by atoms with Crippen LogP contribution >= 0.6 is 0 Å². The van der Waals surface area contributed by atoms with E-state index in [-0.39, 0.29) is 29.0 Å². The Hall–Kier alpha value is -2.68. The van der Waals surface area contributed by atoms with Gasteiger partial charge in [0.25, 0.3) is 0 Å². The van der Waals surface area contributed by atoms with Gasteiger partial charge in [0, 0.05) is 31.2 Å². The number of ether oxygens (including phenoxy) is 1. The maximum absolute atomic E-state index is 14.9. The minimum absolute atomic E-state index is 0.0448. The van der Waals surface area contributed by atoms with Crippen LogP contribution in [0, 0.1) is 5.82 Å². The van der Waals surface area contributed by atoms with Crippen LogP contribution < -0.4 is 15.1 Å². The number of anilines is 1. The molecule has 1 saturated carbocycles. The van der Waals surface area contributed by atoms with Crippen LogP contribution in [0.1, 0.15) is 25.3 Å². The first kappa shape index (κ1) is 16.5. The molecule has 2 atom stereocenters. The van der Waals surface area contributed by atoms with Crippen LogP contribution in [0.4, 0.5) is 15.0 Å². The van der Waals surface area contributed by atoms with Crippen LogP contribution in [0.3, 0.4) is 0 Å². The Morgan fingerprint density at radius 1 is 1.30 bits per heavy atom. The lowest BCUT2D eigenvalue weighted by atomic mass is 10.2. The number of aromatic nitrogens is 2. The van der Waals surface area contributed by atoms with E-state index in [1.165, 1.54) is 12.3 Å². The van der Waals surface area contributed by atoms with Crippen molar-refractivity contribution in [2.45, 2.75) is 37.4 Å². The Kier molecular flexibility index (Phi) is 3.45. The first-order valence-corrected chi connectivity index (χ1v) is 9.05. The number of hydrogen-bond donors (Lipinski definition) is 1. The van der Waals surface area contributed by atoms with Crippen molar-refractivity contribution >= 4 is 23.0 Å². The first-order chi connectivity index (χ1) is 12.9. The Bertz CT molecular complexity index is 1020. The highest BCUT2D eigenvalue weighted by Gasteiger charge is 2.43. The number of likely N-dealkylation sites (tertiary alicyclic amines) is 1. The Morgan fingerprint density at radius 3 is 2.67 bits per heavy atom. The number of piperazine rings is 1. The minimum atomic E-state index is -1.57. The lowest BCUT2D eigenvalue weighted by molar-refractivity contribution is 0.143. The zero-order valence-corrected chi connectivity index (χ0v) is 14.8. The molecule has 3 fully saturated rings. The molecule has 0 aromatic carbocycles. The van der Waals surface area contributed by atoms with Gasteiger partial charge in [0.1, 0.15) is 5.65 Å². The molecule has 142 valence electrons. The third kappa shape index (κ3) is 2.56. The van der Waals surface area contributed by atoms with Crippen LogP contribution in [0.15, 0.2) is 17.1 Å². The second kappa shape index (κ2) is 5.66. The summed E-state index contributed by atoms with van der Waals surface area (Å²) < 4.78 is 21.3. The summed E-state index contributed by atoms with van der Waals surface area (Å²) in [5.74, 6) is -0.619. The van der Waals surface area contributed by atoms with Crippen LogP contribution in [-0.2, 0) is 0 Å². The fourth-order valence-electron chi connectivity index (χ4n) is 4.34. The molecule has 2 unspecified atom stereocenters. The Balaban J connectivity index is 1.66. The van der Waals surface area contributed by atoms with Crippen molar-refractivity contribution in [2.75, 3.05) is 25.0 Å². The molecule has 1 N–H and O–H groups in total. The molecule has 0 amide bonds. The summed E-state index contributed by atoms with van der Waals surface area (Å²) in [6.45, 7) is 1.58. The molecule has 0 spiro atoms. The van der Waals surface area contributed by atoms with E-state index in [2.05, 4.69) is 21.7 Å². The normalized spacial score (nSPS) is 24.7. The van der Waals surface area contributed by atoms with Crippen LogP contribution in [0.5, 0.6) is 5.75 Å². The number of hydrogen-bond acceptors (Lipinski definition) is 6. The van der Waals surface area contributed by atoms with Crippen molar-refractivity contribution in [3.05, 3.63) is 28.3 Å². The van der Waals surface area contributed by atoms with Gasteiger partial charge in [0.05, 0.1) is 11.6 Å². The Morgan fingerprint density at radius 2 is 2.07 bits per heavy atom. The third-order valence-electron chi connectivity index (χ3n) is 5.83. The monoisotopic (exact) mass is 374 g/mol. The lowest BCUT2D eigenvalue weighted by Gasteiger charge is -2.33. The number of nitrogens with zero attached hydrogens (tertiary/aromatic N) is 4. The number of rotatable bonds is 3. The summed E-state index contributed by atoms with van der Waals surface area (Å²) in [5, 5.41) is 8.91. The predicted octanol–water partition coefficient (Wildman–Crippen LogP) is 1.82. The minimum Gasteiger partial charge on any atom is -0.449 e. The van der Waals surface area contributed by atoms with E-state index in [1.54, 1.807) is 4.57 Å². The summed E-state index contributed by atoms with van der Waals surface area (Å²) in [5.41, 5.74) is -0.280. The molecule has 27 heavy (non-hydrogen) atoms. The van der Waals surface area contributed by atoms with Crippen LogP contribution in [0.25, 0.3) is 11.0 Å². The molecule has 5 rings (SSSR count). The predicted molar refractivity (Wildman–Crippen MR) is 95.1 cm³/mol. The van der Waals surface area contributed by atoms with Gasteiger partial charge in [0.2, 0.25) is 5.43 Å². The maximum Gasteiger partial charge on any atom is 0.511 e. The number of carbonyl (C=O) groups is 1. The van der Waals surface area contributed by atoms with Crippen molar-refractivity contribution in [1.82, 2.24) is 14.5 Å². The third-order valence-corrected chi connectivity index (χ3v) is 5.83. The van der Waals surface area contributed by atoms with Gasteiger partial charge in [-0.3, -0.25) is 9.69 Å². The summed E-state index contributed by atoms with van der Waals surface area (Å²) in [4.78, 5) is 32.3. The second-order valence-electron chi connectivity index (χ2n) is 7.63. The zero-order valence-electron chi connectivity index (χ0n) is 14.8. The molecule has 4 heterocycles. The molecule has 2 aromatic rings. The molecule has 2 aromatic heterocycles. The van der Waals surface area contributed by atoms with Gasteiger partial charge >= 0.3 is 6.16 Å². The first-order valence-electron chi connectivity index (χ1n) is 9.05. The molecule has 2 saturated heterocycles.